The molecule has 11 heteroatoms. The Morgan fingerprint density at radius 2 is 2.18 bits per heavy atom. The second-order valence-electron chi connectivity index (χ2n) is 8.67. The predicted molar refractivity (Wildman–Crippen MR) is 118 cm³/mol. The molecule has 2 amide bonds. The van der Waals surface area contributed by atoms with Gasteiger partial charge in [0.15, 0.2) is 17.3 Å². The molecule has 11 nitrogen and oxygen atoms in total. The number of aromatic nitrogens is 2. The number of amides is 2. The minimum atomic E-state index is -1.14. The first-order chi connectivity index (χ1) is 15.8. The van der Waals surface area contributed by atoms with Crippen molar-refractivity contribution in [2.45, 2.75) is 38.2 Å². The van der Waals surface area contributed by atoms with Gasteiger partial charge in [-0.3, -0.25) is 10.2 Å². The highest BCUT2D eigenvalue weighted by Crippen LogP contribution is 2.39. The lowest BCUT2D eigenvalue weighted by Crippen LogP contribution is -2.48. The average molecular weight is 455 g/mol. The van der Waals surface area contributed by atoms with E-state index in [-0.39, 0.29) is 17.8 Å². The Hall–Kier alpha value is -3.44. The Balaban J connectivity index is 1.31. The number of carbonyl (C=O) groups is 2. The summed E-state index contributed by atoms with van der Waals surface area (Å²) in [6, 6.07) is 5.97. The minimum Gasteiger partial charge on any atom is -0.491 e. The topological polar surface area (TPSA) is 126 Å². The molecule has 5 heterocycles. The number of fused-ring (bicyclic) bond motifs is 4. The van der Waals surface area contributed by atoms with Crippen LogP contribution in [-0.2, 0) is 9.47 Å². The zero-order valence-corrected chi connectivity index (χ0v) is 18.4. The van der Waals surface area contributed by atoms with Gasteiger partial charge in [0.25, 0.3) is 0 Å². The summed E-state index contributed by atoms with van der Waals surface area (Å²) in [5, 5.41) is 12.1. The first-order valence-electron chi connectivity index (χ1n) is 10.8. The molecule has 2 saturated heterocycles. The van der Waals surface area contributed by atoms with Gasteiger partial charge in [0.2, 0.25) is 0 Å². The van der Waals surface area contributed by atoms with Crippen LogP contribution >= 0.6 is 0 Å². The van der Waals surface area contributed by atoms with Crippen LogP contribution in [0.1, 0.15) is 30.8 Å². The highest BCUT2D eigenvalue weighted by Gasteiger charge is 2.40. The molecule has 3 aliphatic rings. The van der Waals surface area contributed by atoms with Gasteiger partial charge in [-0.15, -0.1) is 0 Å². The SMILES string of the molecule is CC1(C)OC[C@@H](COc2ccnc(NC(=O)N3c4nc(C(=O)O)ccc4N4CC[C@H]3C4)c2)O1. The summed E-state index contributed by atoms with van der Waals surface area (Å²) in [5.74, 6) is -0.573. The van der Waals surface area contributed by atoms with Crippen LogP contribution in [0.25, 0.3) is 0 Å². The monoisotopic (exact) mass is 455 g/mol. The van der Waals surface area contributed by atoms with E-state index in [2.05, 4.69) is 20.2 Å². The summed E-state index contributed by atoms with van der Waals surface area (Å²) in [5.41, 5.74) is 0.638. The third kappa shape index (κ3) is 4.29. The number of hydrogen-bond acceptors (Lipinski definition) is 8. The number of rotatable bonds is 5. The second-order valence-corrected chi connectivity index (χ2v) is 8.67. The lowest BCUT2D eigenvalue weighted by atomic mass is 10.2. The number of aromatic carboxylic acids is 1. The van der Waals surface area contributed by atoms with Crippen molar-refractivity contribution in [2.75, 3.05) is 41.4 Å². The van der Waals surface area contributed by atoms with Crippen LogP contribution in [0.4, 0.5) is 22.1 Å². The molecule has 2 N–H and O–H groups in total. The van der Waals surface area contributed by atoms with Crippen LogP contribution in [0, 0.1) is 0 Å². The normalized spacial score (nSPS) is 22.7. The van der Waals surface area contributed by atoms with Crippen LogP contribution in [0.3, 0.4) is 0 Å². The summed E-state index contributed by atoms with van der Waals surface area (Å²) in [6.45, 7) is 5.90. The molecule has 2 aromatic rings. The van der Waals surface area contributed by atoms with Gasteiger partial charge in [0.05, 0.1) is 18.3 Å². The van der Waals surface area contributed by atoms with Crippen LogP contribution in [-0.4, -0.2) is 71.3 Å². The highest BCUT2D eigenvalue weighted by atomic mass is 16.7. The third-order valence-electron chi connectivity index (χ3n) is 5.86. The number of urea groups is 1. The summed E-state index contributed by atoms with van der Waals surface area (Å²) in [4.78, 5) is 36.8. The molecule has 174 valence electrons. The Kier molecular flexibility index (Phi) is 5.29. The van der Waals surface area contributed by atoms with Crippen molar-refractivity contribution in [1.82, 2.24) is 9.97 Å². The van der Waals surface area contributed by atoms with Gasteiger partial charge in [-0.2, -0.15) is 0 Å². The van der Waals surface area contributed by atoms with Gasteiger partial charge in [-0.1, -0.05) is 0 Å². The average Bonchev–Trinajstić information content (AvgIpc) is 3.35. The molecule has 2 fully saturated rings. The van der Waals surface area contributed by atoms with Crippen molar-refractivity contribution in [3.05, 3.63) is 36.2 Å². The number of ether oxygens (including phenoxy) is 3. The molecular formula is C22H25N5O6. The number of pyridine rings is 2. The maximum Gasteiger partial charge on any atom is 0.354 e. The summed E-state index contributed by atoms with van der Waals surface area (Å²) < 4.78 is 17.1. The molecule has 3 aliphatic heterocycles. The summed E-state index contributed by atoms with van der Waals surface area (Å²) in [7, 11) is 0. The fourth-order valence-electron chi connectivity index (χ4n) is 4.36. The molecule has 2 bridgehead atoms. The van der Waals surface area contributed by atoms with E-state index in [1.165, 1.54) is 11.0 Å². The van der Waals surface area contributed by atoms with E-state index in [0.717, 1.165) is 18.7 Å². The van der Waals surface area contributed by atoms with Crippen molar-refractivity contribution in [3.63, 3.8) is 0 Å². The van der Waals surface area contributed by atoms with Gasteiger partial charge in [-0.05, 0) is 38.5 Å². The first-order valence-corrected chi connectivity index (χ1v) is 10.8. The molecule has 33 heavy (non-hydrogen) atoms. The van der Waals surface area contributed by atoms with Crippen LogP contribution < -0.4 is 19.9 Å². The summed E-state index contributed by atoms with van der Waals surface area (Å²) in [6.07, 6.45) is 2.13. The van der Waals surface area contributed by atoms with Gasteiger partial charge in [-0.25, -0.2) is 19.6 Å². The molecular weight excluding hydrogens is 430 g/mol. The Bertz CT molecular complexity index is 1090. The molecule has 0 spiro atoms. The van der Waals surface area contributed by atoms with Crippen molar-refractivity contribution in [3.8, 4) is 5.75 Å². The van der Waals surface area contributed by atoms with Gasteiger partial charge in [0.1, 0.15) is 24.3 Å². The van der Waals surface area contributed by atoms with Gasteiger partial charge < -0.3 is 24.2 Å². The maximum absolute atomic E-state index is 13.2. The van der Waals surface area contributed by atoms with E-state index in [1.807, 2.05) is 13.8 Å². The Morgan fingerprint density at radius 3 is 2.94 bits per heavy atom. The summed E-state index contributed by atoms with van der Waals surface area (Å²) >= 11 is 0. The van der Waals surface area contributed by atoms with E-state index in [0.29, 0.717) is 37.1 Å². The number of carbonyl (C=O) groups excluding carboxylic acids is 1. The molecule has 0 radical (unpaired) electrons. The number of carboxylic acid groups (broad SMARTS) is 1. The van der Waals surface area contributed by atoms with E-state index in [9.17, 15) is 14.7 Å². The fourth-order valence-corrected chi connectivity index (χ4v) is 4.36. The van der Waals surface area contributed by atoms with Crippen molar-refractivity contribution in [1.29, 1.82) is 0 Å². The van der Waals surface area contributed by atoms with E-state index < -0.39 is 17.8 Å². The third-order valence-corrected chi connectivity index (χ3v) is 5.86. The number of nitrogens with zero attached hydrogens (tertiary/aromatic N) is 4. The highest BCUT2D eigenvalue weighted by molar-refractivity contribution is 6.04. The number of anilines is 3. The van der Waals surface area contributed by atoms with Crippen LogP contribution in [0.2, 0.25) is 0 Å². The van der Waals surface area contributed by atoms with E-state index in [1.54, 1.807) is 24.4 Å². The second kappa shape index (κ2) is 8.16. The lowest BCUT2D eigenvalue weighted by molar-refractivity contribution is -0.141. The number of carboxylic acids is 1. The van der Waals surface area contributed by atoms with Crippen molar-refractivity contribution >= 4 is 29.3 Å². The minimum absolute atomic E-state index is 0.101. The van der Waals surface area contributed by atoms with Crippen molar-refractivity contribution < 1.29 is 28.9 Å². The maximum atomic E-state index is 13.2. The molecule has 5 rings (SSSR count). The molecule has 2 atom stereocenters. The van der Waals surface area contributed by atoms with E-state index in [4.69, 9.17) is 14.2 Å². The van der Waals surface area contributed by atoms with Crippen LogP contribution in [0.15, 0.2) is 30.5 Å². The zero-order valence-electron chi connectivity index (χ0n) is 18.4. The van der Waals surface area contributed by atoms with Gasteiger partial charge >= 0.3 is 12.0 Å². The van der Waals surface area contributed by atoms with Crippen LogP contribution in [0.5, 0.6) is 5.75 Å². The molecule has 0 aromatic carbocycles. The predicted octanol–water partition coefficient (Wildman–Crippen LogP) is 2.34. The quantitative estimate of drug-likeness (QED) is 0.698. The molecule has 0 saturated carbocycles. The number of nitrogens with one attached hydrogen (secondary N) is 1. The zero-order chi connectivity index (χ0) is 23.2. The fraction of sp³-hybridized carbons (Fsp3) is 0.455. The lowest BCUT2D eigenvalue weighted by Gasteiger charge is -2.35. The molecule has 2 aromatic heterocycles. The number of hydrogen-bond donors (Lipinski definition) is 2. The van der Waals surface area contributed by atoms with Gasteiger partial charge in [0, 0.05) is 25.4 Å². The standard InChI is InChI=1S/C22H25N5O6/c1-22(2)32-12-15(33-22)11-31-14-5-7-23-18(9-14)25-21(30)27-13-6-8-26(10-13)17-4-3-16(20(28)29)24-19(17)27/h3-5,7,9,13,15H,6,8,10-12H2,1-2H3,(H,28,29)(H,23,25,30)/t13-,15+/m0/s1. The smallest absolute Gasteiger partial charge is 0.354 e. The van der Waals surface area contributed by atoms with E-state index >= 15 is 0 Å². The Morgan fingerprint density at radius 1 is 1.33 bits per heavy atom. The molecule has 0 unspecified atom stereocenters. The largest absolute Gasteiger partial charge is 0.491 e. The first kappa shape index (κ1) is 21.4. The molecule has 0 aliphatic carbocycles. The Labute approximate surface area is 190 Å². The van der Waals surface area contributed by atoms with Crippen molar-refractivity contribution in [2.24, 2.45) is 0 Å².